The highest BCUT2D eigenvalue weighted by molar-refractivity contribution is 7.86. The third-order valence-corrected chi connectivity index (χ3v) is 7.90. The fraction of sp³-hybridized carbons (Fsp3) is 0.429. The molecule has 0 aliphatic heterocycles. The molecule has 0 fully saturated rings. The van der Waals surface area contributed by atoms with E-state index < -0.39 is 7.43 Å². The molecule has 0 saturated heterocycles. The van der Waals surface area contributed by atoms with Crippen molar-refractivity contribution >= 4 is 24.4 Å². The zero-order valence-corrected chi connectivity index (χ0v) is 17.3. The Labute approximate surface area is 153 Å². The minimum absolute atomic E-state index is 0.0189. The van der Waals surface area contributed by atoms with Crippen LogP contribution in [-0.2, 0) is 0 Å². The Bertz CT molecular complexity index is 628. The maximum Gasteiger partial charge on any atom is 0.0952 e. The first kappa shape index (κ1) is 19.3. The molecule has 3 heteroatoms. The van der Waals surface area contributed by atoms with Gasteiger partial charge in [-0.2, -0.15) is 0 Å². The van der Waals surface area contributed by atoms with Crippen molar-refractivity contribution in [1.82, 2.24) is 0 Å². The molecule has 0 amide bonds. The lowest BCUT2D eigenvalue weighted by atomic mass is 9.82. The molecular formula is C21H29ClNP. The molecule has 0 radical (unpaired) electrons. The predicted octanol–water partition coefficient (Wildman–Crippen LogP) is 7.63. The van der Waals surface area contributed by atoms with Gasteiger partial charge in [-0.15, -0.1) is 0 Å². The van der Waals surface area contributed by atoms with Crippen LogP contribution in [0, 0.1) is 5.41 Å². The number of halogens is 1. The Morgan fingerprint density at radius 3 is 1.67 bits per heavy atom. The third kappa shape index (κ3) is 4.52. The minimum atomic E-state index is -0.883. The van der Waals surface area contributed by atoms with Gasteiger partial charge in [0.2, 0.25) is 0 Å². The molecule has 2 rings (SSSR count). The van der Waals surface area contributed by atoms with Gasteiger partial charge >= 0.3 is 0 Å². The Morgan fingerprint density at radius 2 is 1.25 bits per heavy atom. The van der Waals surface area contributed by atoms with E-state index in [9.17, 15) is 0 Å². The number of benzene rings is 2. The number of anilines is 1. The highest BCUT2D eigenvalue weighted by Crippen LogP contribution is 2.63. The van der Waals surface area contributed by atoms with E-state index >= 15 is 0 Å². The summed E-state index contributed by atoms with van der Waals surface area (Å²) in [5.41, 5.74) is 2.56. The van der Waals surface area contributed by atoms with Crippen LogP contribution >= 0.6 is 18.7 Å². The van der Waals surface area contributed by atoms with Crippen molar-refractivity contribution in [3.8, 4) is 0 Å². The van der Waals surface area contributed by atoms with Crippen LogP contribution in [0.25, 0.3) is 0 Å². The Balaban J connectivity index is 2.62. The molecule has 0 spiro atoms. The van der Waals surface area contributed by atoms with E-state index in [1.807, 2.05) is 0 Å². The molecule has 0 aliphatic carbocycles. The average Bonchev–Trinajstić information content (AvgIpc) is 2.51. The molecule has 2 aromatic rings. The van der Waals surface area contributed by atoms with Gasteiger partial charge in [0.05, 0.1) is 13.5 Å². The van der Waals surface area contributed by atoms with E-state index in [0.29, 0.717) is 0 Å². The standard InChI is InChI=1S/C21H29ClNP/c1-20(2,3)19(17-13-9-7-10-14-17)23(24(22)21(4,5)6)18-15-11-8-12-16-18/h7-16,19H,1-6H3. The van der Waals surface area contributed by atoms with Crippen LogP contribution in [0.2, 0.25) is 0 Å². The molecule has 0 heterocycles. The van der Waals surface area contributed by atoms with Crippen LogP contribution in [0.15, 0.2) is 60.7 Å². The van der Waals surface area contributed by atoms with Crippen LogP contribution in [0.4, 0.5) is 5.69 Å². The van der Waals surface area contributed by atoms with Gasteiger partial charge < -0.3 is 4.67 Å². The summed E-state index contributed by atoms with van der Waals surface area (Å²) >= 11 is 7.10. The molecule has 0 N–H and O–H groups in total. The molecular weight excluding hydrogens is 333 g/mol. The van der Waals surface area contributed by atoms with E-state index in [-0.39, 0.29) is 16.6 Å². The molecule has 0 aromatic heterocycles. The normalized spacial score (nSPS) is 15.0. The molecule has 2 atom stereocenters. The number of hydrogen-bond donors (Lipinski definition) is 0. The Hall–Kier alpha value is -1.04. The highest BCUT2D eigenvalue weighted by Gasteiger charge is 2.39. The fourth-order valence-electron chi connectivity index (χ4n) is 2.90. The topological polar surface area (TPSA) is 3.24 Å². The zero-order valence-electron chi connectivity index (χ0n) is 15.6. The van der Waals surface area contributed by atoms with Gasteiger partial charge in [0, 0.05) is 10.8 Å². The lowest BCUT2D eigenvalue weighted by molar-refractivity contribution is 0.331. The second-order valence-electron chi connectivity index (χ2n) is 8.29. The van der Waals surface area contributed by atoms with Gasteiger partial charge in [-0.05, 0) is 23.1 Å². The first-order valence-corrected chi connectivity index (χ1v) is 10.7. The second kappa shape index (κ2) is 7.46. The molecule has 2 unspecified atom stereocenters. The van der Waals surface area contributed by atoms with Crippen molar-refractivity contribution in [2.24, 2.45) is 5.41 Å². The van der Waals surface area contributed by atoms with E-state index in [4.69, 9.17) is 11.2 Å². The van der Waals surface area contributed by atoms with Crippen molar-refractivity contribution < 1.29 is 0 Å². The van der Waals surface area contributed by atoms with Gasteiger partial charge in [0.1, 0.15) is 0 Å². The molecule has 24 heavy (non-hydrogen) atoms. The number of para-hydroxylation sites is 1. The molecule has 2 aromatic carbocycles. The van der Waals surface area contributed by atoms with E-state index in [1.165, 1.54) is 11.3 Å². The first-order valence-electron chi connectivity index (χ1n) is 8.47. The third-order valence-electron chi connectivity index (χ3n) is 3.94. The van der Waals surface area contributed by atoms with E-state index in [2.05, 4.69) is 107 Å². The number of rotatable bonds is 4. The van der Waals surface area contributed by atoms with Crippen LogP contribution in [0.5, 0.6) is 0 Å². The molecule has 0 aliphatic rings. The van der Waals surface area contributed by atoms with Gasteiger partial charge in [-0.3, -0.25) is 0 Å². The zero-order chi connectivity index (χ0) is 18.0. The summed E-state index contributed by atoms with van der Waals surface area (Å²) in [6, 6.07) is 21.5. The molecule has 0 saturated carbocycles. The lowest BCUT2D eigenvalue weighted by Gasteiger charge is -2.47. The number of nitrogens with zero attached hydrogens (tertiary/aromatic N) is 1. The second-order valence-corrected chi connectivity index (χ2v) is 11.5. The summed E-state index contributed by atoms with van der Waals surface area (Å²) in [5, 5.41) is 0.0189. The van der Waals surface area contributed by atoms with Crippen molar-refractivity contribution in [2.45, 2.75) is 52.7 Å². The average molecular weight is 362 g/mol. The van der Waals surface area contributed by atoms with Gasteiger partial charge in [0.25, 0.3) is 0 Å². The molecule has 130 valence electrons. The predicted molar refractivity (Wildman–Crippen MR) is 110 cm³/mol. The SMILES string of the molecule is CC(C)(C)C(c1ccccc1)N(c1ccccc1)P(Cl)C(C)(C)C. The van der Waals surface area contributed by atoms with Crippen LogP contribution < -0.4 is 4.67 Å². The van der Waals surface area contributed by atoms with Gasteiger partial charge in [-0.25, -0.2) is 0 Å². The summed E-state index contributed by atoms with van der Waals surface area (Å²) in [7, 11) is -0.883. The first-order chi connectivity index (χ1) is 11.1. The van der Waals surface area contributed by atoms with E-state index in [0.717, 1.165) is 0 Å². The summed E-state index contributed by atoms with van der Waals surface area (Å²) in [6.07, 6.45) is 0. The molecule has 0 bridgehead atoms. The summed E-state index contributed by atoms with van der Waals surface area (Å²) in [6.45, 7) is 13.6. The number of hydrogen-bond acceptors (Lipinski definition) is 1. The summed E-state index contributed by atoms with van der Waals surface area (Å²) < 4.78 is 2.45. The lowest BCUT2D eigenvalue weighted by Crippen LogP contribution is -2.36. The van der Waals surface area contributed by atoms with Crippen molar-refractivity contribution in [3.63, 3.8) is 0 Å². The largest absolute Gasteiger partial charge is 0.330 e. The van der Waals surface area contributed by atoms with Gasteiger partial charge in [-0.1, -0.05) is 101 Å². The summed E-state index contributed by atoms with van der Waals surface area (Å²) in [5.74, 6) is 0. The Morgan fingerprint density at radius 1 is 0.792 bits per heavy atom. The minimum Gasteiger partial charge on any atom is -0.330 e. The smallest absolute Gasteiger partial charge is 0.0952 e. The fourth-order valence-corrected chi connectivity index (χ4v) is 5.09. The Kier molecular flexibility index (Phi) is 6.00. The monoisotopic (exact) mass is 361 g/mol. The quantitative estimate of drug-likeness (QED) is 0.506. The van der Waals surface area contributed by atoms with Crippen LogP contribution in [-0.4, -0.2) is 5.16 Å². The van der Waals surface area contributed by atoms with Crippen molar-refractivity contribution in [1.29, 1.82) is 0 Å². The maximum absolute atomic E-state index is 7.10. The van der Waals surface area contributed by atoms with Gasteiger partial charge in [0.15, 0.2) is 0 Å². The van der Waals surface area contributed by atoms with E-state index in [1.54, 1.807) is 0 Å². The van der Waals surface area contributed by atoms with Crippen molar-refractivity contribution in [3.05, 3.63) is 66.2 Å². The van der Waals surface area contributed by atoms with Crippen LogP contribution in [0.1, 0.15) is 53.1 Å². The maximum atomic E-state index is 7.10. The highest BCUT2D eigenvalue weighted by atomic mass is 35.7. The van der Waals surface area contributed by atoms with Crippen LogP contribution in [0.3, 0.4) is 0 Å². The molecule has 1 nitrogen and oxygen atoms in total. The van der Waals surface area contributed by atoms with Crippen molar-refractivity contribution in [2.75, 3.05) is 4.67 Å². The summed E-state index contributed by atoms with van der Waals surface area (Å²) in [4.78, 5) is 0.